The highest BCUT2D eigenvalue weighted by Crippen LogP contribution is 2.13. The quantitative estimate of drug-likeness (QED) is 0.0127. The average molecular weight is 1140 g/mol. The first-order valence-corrected chi connectivity index (χ1v) is 15.9. The van der Waals surface area contributed by atoms with E-state index in [1.807, 2.05) is 6.07 Å². The number of ether oxygens (including phenoxy) is 2. The molecule has 430 valence electrons. The number of nitrogens with zero attached hydrogens (tertiary/aromatic N) is 4. The van der Waals surface area contributed by atoms with Gasteiger partial charge in [-0.05, 0) is 146 Å². The Labute approximate surface area is 424 Å². The second kappa shape index (κ2) is 43.2. The minimum absolute atomic E-state index is 0. The molecule has 0 unspecified atom stereocenters. The van der Waals surface area contributed by atoms with Crippen molar-refractivity contribution >= 4 is 29.4 Å². The molecule has 0 bridgehead atoms. The van der Waals surface area contributed by atoms with Crippen molar-refractivity contribution in [1.29, 1.82) is 5.26 Å². The maximum Gasteiger partial charge on any atom is 0.412 e. The normalized spacial score (nSPS) is 13.0. The number of rotatable bonds is 36. The van der Waals surface area contributed by atoms with E-state index in [0.29, 0.717) is 22.8 Å². The zero-order valence-corrected chi connectivity index (χ0v) is 34.7. The summed E-state index contributed by atoms with van der Waals surface area (Å²) in [5.41, 5.74) is 5.82. The summed E-state index contributed by atoms with van der Waals surface area (Å²) in [5.74, 6) is -0.0983. The van der Waals surface area contributed by atoms with Crippen LogP contribution in [0.1, 0.15) is 95.9 Å². The first-order valence-electron chi connectivity index (χ1n) is 29.9. The molecule has 0 saturated heterocycles. The van der Waals surface area contributed by atoms with Crippen LogP contribution < -0.4 is 16.4 Å². The highest BCUT2D eigenvalue weighted by molar-refractivity contribution is 5.95. The summed E-state index contributed by atoms with van der Waals surface area (Å²) in [6.07, 6.45) is 1.68. The van der Waals surface area contributed by atoms with Gasteiger partial charge in [0.25, 0.3) is 0 Å². The summed E-state index contributed by atoms with van der Waals surface area (Å²) in [5, 5.41) is 156. The van der Waals surface area contributed by atoms with Crippen molar-refractivity contribution in [3.63, 3.8) is 0 Å². The van der Waals surface area contributed by atoms with E-state index in [1.165, 1.54) is 24.5 Å². The van der Waals surface area contributed by atoms with Crippen LogP contribution in [0.4, 0.5) is 21.0 Å². The number of anilines is 2. The molecule has 2 heterocycles. The van der Waals surface area contributed by atoms with Crippen LogP contribution in [-0.2, 0) is 181 Å². The first kappa shape index (κ1) is 43.0. The standard InChI is InChI=1S/C11H16N4O3.C11H13N3O2.H2O36.15H2/c1-11(2,3)18-10(16)14-7-4-5-8(13-6-7)9(12)15-17;1-11(2,3)16-10(15)14-9-5-4-8(6-12)13-7-9;1-3-5-7-9-11-13-15-17-19-21-23-25-27-29-31-33-35-36-34-32-30-28-26-24-22-20-18-16-14-12-10-8-6-4-2;;;;;;;;;;;;;;;/h4-6,17H,1-3H3,(H2,12,15)(H,14,16);4-5,7H,1-3H3,(H,14,15);1-2H;15*1H/i;;;14*1+2T;1+2. The molecule has 0 atom stereocenters. The molecule has 48 nitrogen and oxygen atoms in total. The van der Waals surface area contributed by atoms with Gasteiger partial charge < -0.3 is 20.4 Å². The summed E-state index contributed by atoms with van der Waals surface area (Å²) >= 11 is 0. The SMILES string of the molecule is CC(C)(C)OC(=O)Nc1ccc(/C(N)=N\O)nc1.CC(C)(C)OC(=O)Nc1ccc(C#N)nc1.OOOOOOOOOOOOOOOOOOOOOOOOOOOOOOOOOOOO.[3HH].[3H][3H].[3H][3H].[3H][3H].[3H][3H].[3H][3H].[3H][3H].[3H][3H].[3H][3H].[3H][3H].[3H][3H].[3H][3H].[3H][3H].[3H][3H].[3H][3H]. The number of carbonyl (C=O) groups is 2. The largest absolute Gasteiger partial charge is 0.444 e. The molecule has 2 amide bonds. The number of nitrogens with two attached hydrogens (primary N) is 1. The van der Waals surface area contributed by atoms with Crippen LogP contribution >= 0.6 is 0 Å². The van der Waals surface area contributed by atoms with Gasteiger partial charge in [0.05, 0.1) is 23.8 Å². The van der Waals surface area contributed by atoms with Gasteiger partial charge >= 0.3 is 12.2 Å². The minimum Gasteiger partial charge on any atom is -0.444 e. The molecule has 0 aliphatic carbocycles. The Bertz CT molecular complexity index is 1680. The van der Waals surface area contributed by atoms with Gasteiger partial charge in [-0.15, -0.1) is 0 Å². The van der Waals surface area contributed by atoms with Crippen molar-refractivity contribution in [2.75, 3.05) is 10.6 Å². The Kier molecular flexibility index (Phi) is 26.5. The number of nitriles is 1. The maximum absolute atomic E-state index is 11.5. The second-order valence-corrected chi connectivity index (χ2v) is 11.0. The van der Waals surface area contributed by atoms with Gasteiger partial charge in [0.2, 0.25) is 0 Å². The van der Waals surface area contributed by atoms with E-state index in [0.717, 1.165) is 0 Å². The van der Waals surface area contributed by atoms with Gasteiger partial charge in [0, 0.05) is 134 Å². The van der Waals surface area contributed by atoms with Crippen LogP contribution in [0.2, 0.25) is 0 Å². The lowest BCUT2D eigenvalue weighted by Crippen LogP contribution is -2.27. The van der Waals surface area contributed by atoms with E-state index >= 15 is 0 Å². The lowest BCUT2D eigenvalue weighted by Gasteiger charge is -2.19. The third kappa shape index (κ3) is 43.4. The number of pyridine rings is 2. The monoisotopic (exact) mass is 1140 g/mol. The number of nitrogens with one attached hydrogen (secondary N) is 2. The van der Waals surface area contributed by atoms with Gasteiger partial charge in [0.1, 0.15) is 28.7 Å². The molecule has 48 heteroatoms. The molecule has 0 spiro atoms. The fourth-order valence-corrected chi connectivity index (χ4v) is 2.41. The van der Waals surface area contributed by atoms with Gasteiger partial charge in [-0.25, -0.2) is 25.1 Å². The molecule has 7 N–H and O–H groups in total. The van der Waals surface area contributed by atoms with Gasteiger partial charge in [0.15, 0.2) is 5.84 Å². The van der Waals surface area contributed by atoms with Crippen LogP contribution in [0.5, 0.6) is 0 Å². The molecule has 2 aromatic rings. The zero-order chi connectivity index (χ0) is 80.0. The van der Waals surface area contributed by atoms with Crippen LogP contribution in [0.25, 0.3) is 0 Å². The number of carbonyl (C=O) groups excluding carboxylic acids is 2. The first-order chi connectivity index (χ1) is 47.6. The summed E-state index contributed by atoms with van der Waals surface area (Å²) < 4.78 is 150. The van der Waals surface area contributed by atoms with Crippen molar-refractivity contribution in [2.45, 2.75) is 52.7 Å². The van der Waals surface area contributed by atoms with Crippen LogP contribution in [-0.4, -0.2) is 54.9 Å². The summed E-state index contributed by atoms with van der Waals surface area (Å²) in [6.45, 7) is 10.7. The highest BCUT2D eigenvalue weighted by Gasteiger charge is 2.17. The maximum atomic E-state index is 11.5. The number of oxime groups is 1. The molecular formula is C22H61N7O41. The summed E-state index contributed by atoms with van der Waals surface area (Å²) in [4.78, 5) is 30.5. The van der Waals surface area contributed by atoms with E-state index in [2.05, 4.69) is 197 Å². The van der Waals surface area contributed by atoms with E-state index in [1.54, 1.807) is 53.7 Å². The molecule has 0 radical (unpaired) electrons. The Balaban J connectivity index is -0.0000000661. The molecule has 2 rings (SSSR count). The number of aromatic nitrogens is 2. The lowest BCUT2D eigenvalue weighted by molar-refractivity contribution is -0.907. The Hall–Kier alpha value is -5.84. The van der Waals surface area contributed by atoms with Crippen molar-refractivity contribution < 1.29 is 249 Å². The third-order valence-electron chi connectivity index (χ3n) is 4.22. The van der Waals surface area contributed by atoms with Crippen molar-refractivity contribution in [3.8, 4) is 6.07 Å². The Morgan fingerprint density at radius 1 is 0.529 bits per heavy atom. The fraction of sp³-hybridized carbons (Fsp3) is 0.364. The lowest BCUT2D eigenvalue weighted by atomic mass is 10.2. The molecule has 0 aromatic carbocycles. The predicted molar refractivity (Wildman–Crippen MR) is 199 cm³/mol. The van der Waals surface area contributed by atoms with E-state index in [9.17, 15) is 9.59 Å². The number of hydrogen-bond donors (Lipinski definition) is 6. The number of amidine groups is 1. The minimum atomic E-state index is -0.569. The molecular weight excluding hydrogens is 1020 g/mol. The summed E-state index contributed by atoms with van der Waals surface area (Å²) in [6, 6.07) is 8.09. The molecule has 0 aliphatic rings. The van der Waals surface area contributed by atoms with Gasteiger partial charge in [-0.2, -0.15) is 5.26 Å². The predicted octanol–water partition coefficient (Wildman–Crippen LogP) is 5.21. The molecule has 0 aliphatic heterocycles. The number of hydrogen-bond acceptors (Lipinski definition) is 45. The van der Waals surface area contributed by atoms with Crippen LogP contribution in [0, 0.1) is 11.3 Å². The summed E-state index contributed by atoms with van der Waals surface area (Å²) in [7, 11) is 0. The number of amides is 2. The molecule has 0 fully saturated rings. The average Bonchev–Trinajstić information content (AvgIpc) is 0.903. The van der Waals surface area contributed by atoms with E-state index in [4.69, 9.17) is 77.8 Å². The fourth-order valence-electron chi connectivity index (χ4n) is 2.41. The van der Waals surface area contributed by atoms with Crippen LogP contribution in [0.15, 0.2) is 41.8 Å². The Morgan fingerprint density at radius 3 is 1.00 bits per heavy atom. The molecule has 2 aromatic heterocycles. The third-order valence-corrected chi connectivity index (χ3v) is 4.22. The van der Waals surface area contributed by atoms with Crippen LogP contribution in [0.3, 0.4) is 0 Å². The highest BCUT2D eigenvalue weighted by atomic mass is 18.0. The molecule has 70 heavy (non-hydrogen) atoms. The van der Waals surface area contributed by atoms with Crippen molar-refractivity contribution in [2.24, 2.45) is 10.9 Å². The second-order valence-electron chi connectivity index (χ2n) is 11.0. The van der Waals surface area contributed by atoms with Gasteiger partial charge in [-0.3, -0.25) is 15.6 Å². The van der Waals surface area contributed by atoms with E-state index < -0.39 is 23.4 Å². The smallest absolute Gasteiger partial charge is 0.412 e. The van der Waals surface area contributed by atoms with Gasteiger partial charge in [-0.1, -0.05) is 5.16 Å². The Morgan fingerprint density at radius 2 is 0.800 bits per heavy atom. The zero-order valence-electron chi connectivity index (χ0n) is 62.7. The van der Waals surface area contributed by atoms with Crippen molar-refractivity contribution in [1.82, 2.24) is 9.97 Å². The topological polar surface area (TPSA) is 539 Å². The van der Waals surface area contributed by atoms with Crippen molar-refractivity contribution in [3.05, 3.63) is 48.0 Å². The van der Waals surface area contributed by atoms with E-state index in [-0.39, 0.29) is 7.26 Å². The molecule has 0 saturated carbocycles.